The zero-order valence-electron chi connectivity index (χ0n) is 10.0. The third-order valence-electron chi connectivity index (χ3n) is 3.53. The molecule has 1 aliphatic carbocycles. The van der Waals surface area contributed by atoms with E-state index in [0.29, 0.717) is 6.04 Å². The second-order valence-corrected chi connectivity index (χ2v) is 4.68. The molecule has 2 atom stereocenters. The molecule has 3 heteroatoms. The van der Waals surface area contributed by atoms with Gasteiger partial charge in [0.05, 0.1) is 6.54 Å². The van der Waals surface area contributed by atoms with E-state index >= 15 is 0 Å². The van der Waals surface area contributed by atoms with E-state index in [0.717, 1.165) is 18.3 Å². The first-order valence-corrected chi connectivity index (χ1v) is 6.37. The monoisotopic (exact) mass is 219 g/mol. The van der Waals surface area contributed by atoms with Crippen LogP contribution in [0.2, 0.25) is 0 Å². The summed E-state index contributed by atoms with van der Waals surface area (Å²) in [6.07, 6.45) is 10.3. The third-order valence-corrected chi connectivity index (χ3v) is 3.53. The average molecular weight is 219 g/mol. The van der Waals surface area contributed by atoms with Crippen LogP contribution in [0.5, 0.6) is 0 Å². The van der Waals surface area contributed by atoms with Gasteiger partial charge in [-0.3, -0.25) is 0 Å². The Morgan fingerprint density at radius 3 is 2.88 bits per heavy atom. The second kappa shape index (κ2) is 5.94. The Balaban J connectivity index is 1.77. The van der Waals surface area contributed by atoms with Crippen molar-refractivity contribution in [3.05, 3.63) is 24.3 Å². The first kappa shape index (κ1) is 11.5. The lowest BCUT2D eigenvalue weighted by atomic mass is 9.84. The van der Waals surface area contributed by atoms with Crippen molar-refractivity contribution in [2.45, 2.75) is 51.6 Å². The number of nitrogens with zero attached hydrogens (tertiary/aromatic N) is 2. The van der Waals surface area contributed by atoms with Gasteiger partial charge in [-0.05, 0) is 24.8 Å². The molecule has 0 saturated heterocycles. The highest BCUT2D eigenvalue weighted by Crippen LogP contribution is 2.26. The van der Waals surface area contributed by atoms with Crippen LogP contribution in [0.15, 0.2) is 18.5 Å². The SMILES string of the molecule is CCC1CCCC(NCc2ncccn2)C1. The van der Waals surface area contributed by atoms with Crippen LogP contribution in [0, 0.1) is 5.92 Å². The van der Waals surface area contributed by atoms with Gasteiger partial charge in [0.1, 0.15) is 5.82 Å². The Kier molecular flexibility index (Phi) is 4.28. The molecule has 3 nitrogen and oxygen atoms in total. The fourth-order valence-corrected chi connectivity index (χ4v) is 2.50. The Labute approximate surface area is 97.7 Å². The highest BCUT2D eigenvalue weighted by molar-refractivity contribution is 4.89. The van der Waals surface area contributed by atoms with Crippen LogP contribution in [0.4, 0.5) is 0 Å². The fourth-order valence-electron chi connectivity index (χ4n) is 2.50. The largest absolute Gasteiger partial charge is 0.307 e. The van der Waals surface area contributed by atoms with Crippen molar-refractivity contribution in [1.29, 1.82) is 0 Å². The molecule has 0 radical (unpaired) electrons. The summed E-state index contributed by atoms with van der Waals surface area (Å²) in [5.41, 5.74) is 0. The lowest BCUT2D eigenvalue weighted by Gasteiger charge is -2.29. The van der Waals surface area contributed by atoms with Crippen molar-refractivity contribution in [3.63, 3.8) is 0 Å². The van der Waals surface area contributed by atoms with Crippen LogP contribution in [0.1, 0.15) is 44.9 Å². The zero-order valence-corrected chi connectivity index (χ0v) is 10.0. The molecule has 1 heterocycles. The van der Waals surface area contributed by atoms with Gasteiger partial charge in [-0.1, -0.05) is 26.2 Å². The summed E-state index contributed by atoms with van der Waals surface area (Å²) < 4.78 is 0. The molecule has 2 unspecified atom stereocenters. The highest BCUT2D eigenvalue weighted by Gasteiger charge is 2.20. The van der Waals surface area contributed by atoms with Gasteiger partial charge in [-0.25, -0.2) is 9.97 Å². The molecular formula is C13H21N3. The van der Waals surface area contributed by atoms with E-state index in [1.807, 2.05) is 6.07 Å². The first-order chi connectivity index (χ1) is 7.88. The Bertz CT molecular complexity index is 299. The quantitative estimate of drug-likeness (QED) is 0.845. The van der Waals surface area contributed by atoms with Gasteiger partial charge < -0.3 is 5.32 Å². The molecule has 2 rings (SSSR count). The molecule has 1 saturated carbocycles. The zero-order chi connectivity index (χ0) is 11.2. The molecule has 16 heavy (non-hydrogen) atoms. The molecule has 1 aromatic rings. The maximum Gasteiger partial charge on any atom is 0.141 e. The van der Waals surface area contributed by atoms with Gasteiger partial charge in [0, 0.05) is 18.4 Å². The van der Waals surface area contributed by atoms with Crippen molar-refractivity contribution >= 4 is 0 Å². The summed E-state index contributed by atoms with van der Waals surface area (Å²) in [6.45, 7) is 3.11. The predicted octanol–water partition coefficient (Wildman–Crippen LogP) is 2.54. The number of hydrogen-bond acceptors (Lipinski definition) is 3. The van der Waals surface area contributed by atoms with Gasteiger partial charge in [0.2, 0.25) is 0 Å². The van der Waals surface area contributed by atoms with E-state index in [2.05, 4.69) is 22.2 Å². The molecule has 1 N–H and O–H groups in total. The van der Waals surface area contributed by atoms with Crippen molar-refractivity contribution in [1.82, 2.24) is 15.3 Å². The third kappa shape index (κ3) is 3.27. The topological polar surface area (TPSA) is 37.8 Å². The van der Waals surface area contributed by atoms with E-state index < -0.39 is 0 Å². The summed E-state index contributed by atoms with van der Waals surface area (Å²) in [5, 5.41) is 3.58. The molecule has 1 aliphatic rings. The van der Waals surface area contributed by atoms with Crippen LogP contribution in [-0.4, -0.2) is 16.0 Å². The molecule has 0 amide bonds. The second-order valence-electron chi connectivity index (χ2n) is 4.68. The van der Waals surface area contributed by atoms with Gasteiger partial charge in [-0.15, -0.1) is 0 Å². The maximum atomic E-state index is 4.23. The minimum Gasteiger partial charge on any atom is -0.307 e. The van der Waals surface area contributed by atoms with E-state index in [4.69, 9.17) is 0 Å². The molecule has 0 aromatic carbocycles. The molecule has 0 spiro atoms. The molecule has 1 fully saturated rings. The van der Waals surface area contributed by atoms with E-state index in [1.54, 1.807) is 12.4 Å². The molecule has 1 aromatic heterocycles. The van der Waals surface area contributed by atoms with Crippen molar-refractivity contribution in [3.8, 4) is 0 Å². The van der Waals surface area contributed by atoms with Crippen LogP contribution in [0.3, 0.4) is 0 Å². The summed E-state index contributed by atoms with van der Waals surface area (Å²) in [7, 11) is 0. The van der Waals surface area contributed by atoms with Crippen LogP contribution < -0.4 is 5.32 Å². The van der Waals surface area contributed by atoms with Gasteiger partial charge >= 0.3 is 0 Å². The maximum absolute atomic E-state index is 4.23. The Morgan fingerprint density at radius 2 is 2.12 bits per heavy atom. The lowest BCUT2D eigenvalue weighted by Crippen LogP contribution is -2.34. The van der Waals surface area contributed by atoms with Crippen LogP contribution in [-0.2, 0) is 6.54 Å². The summed E-state index contributed by atoms with van der Waals surface area (Å²) in [6, 6.07) is 2.53. The minimum atomic E-state index is 0.669. The molecular weight excluding hydrogens is 198 g/mol. The van der Waals surface area contributed by atoms with Gasteiger partial charge in [0.25, 0.3) is 0 Å². The van der Waals surface area contributed by atoms with Crippen molar-refractivity contribution in [2.24, 2.45) is 5.92 Å². The molecule has 0 bridgehead atoms. The molecule has 88 valence electrons. The standard InChI is InChI=1S/C13H21N3/c1-2-11-5-3-6-12(9-11)16-10-13-14-7-4-8-15-13/h4,7-8,11-12,16H,2-3,5-6,9-10H2,1H3. The Morgan fingerprint density at radius 1 is 1.31 bits per heavy atom. The summed E-state index contributed by atoms with van der Waals surface area (Å²) >= 11 is 0. The Hall–Kier alpha value is -0.960. The van der Waals surface area contributed by atoms with Gasteiger partial charge in [-0.2, -0.15) is 0 Å². The van der Waals surface area contributed by atoms with Crippen molar-refractivity contribution < 1.29 is 0 Å². The first-order valence-electron chi connectivity index (χ1n) is 6.37. The number of nitrogens with one attached hydrogen (secondary N) is 1. The predicted molar refractivity (Wildman–Crippen MR) is 64.9 cm³/mol. The summed E-state index contributed by atoms with van der Waals surface area (Å²) in [5.74, 6) is 1.82. The molecule has 0 aliphatic heterocycles. The number of aromatic nitrogens is 2. The van der Waals surface area contributed by atoms with Gasteiger partial charge in [0.15, 0.2) is 0 Å². The van der Waals surface area contributed by atoms with Crippen molar-refractivity contribution in [2.75, 3.05) is 0 Å². The van der Waals surface area contributed by atoms with Crippen LogP contribution in [0.25, 0.3) is 0 Å². The average Bonchev–Trinajstić information content (AvgIpc) is 2.38. The fraction of sp³-hybridized carbons (Fsp3) is 0.692. The minimum absolute atomic E-state index is 0.669. The smallest absolute Gasteiger partial charge is 0.141 e. The van der Waals surface area contributed by atoms with E-state index in [-0.39, 0.29) is 0 Å². The number of hydrogen-bond donors (Lipinski definition) is 1. The van der Waals surface area contributed by atoms with E-state index in [9.17, 15) is 0 Å². The van der Waals surface area contributed by atoms with E-state index in [1.165, 1.54) is 32.1 Å². The highest BCUT2D eigenvalue weighted by atomic mass is 15.0. The lowest BCUT2D eigenvalue weighted by molar-refractivity contribution is 0.277. The number of rotatable bonds is 4. The van der Waals surface area contributed by atoms with Crippen LogP contribution >= 0.6 is 0 Å². The summed E-state index contributed by atoms with van der Waals surface area (Å²) in [4.78, 5) is 8.46. The normalized spacial score (nSPS) is 25.6.